The molecule has 0 aliphatic rings. The van der Waals surface area contributed by atoms with E-state index in [2.05, 4.69) is 20.7 Å². The maximum atomic E-state index is 11.9. The number of benzene rings is 1. The smallest absolute Gasteiger partial charge is 0.211 e. The first-order valence-electron chi connectivity index (χ1n) is 4.87. The van der Waals surface area contributed by atoms with Crippen molar-refractivity contribution in [2.45, 2.75) is 11.8 Å². The van der Waals surface area contributed by atoms with Gasteiger partial charge in [-0.15, -0.1) is 0 Å². The molecule has 0 saturated heterocycles. The normalized spacial score (nSPS) is 13.6. The van der Waals surface area contributed by atoms with Crippen molar-refractivity contribution in [1.29, 1.82) is 0 Å². The molecule has 1 aromatic rings. The Morgan fingerprint density at radius 1 is 1.29 bits per heavy atom. The standard InChI is InChI=1S/C10H12BrCl2NO2S/c1-7(5-11)6-14-17(15,16)10-3-8(12)2-9(13)4-10/h2-4,7,14H,5-6H2,1H3. The maximum Gasteiger partial charge on any atom is 0.240 e. The third-order valence-electron chi connectivity index (χ3n) is 2.03. The molecule has 1 aromatic carbocycles. The summed E-state index contributed by atoms with van der Waals surface area (Å²) in [6.07, 6.45) is 0. The largest absolute Gasteiger partial charge is 0.240 e. The van der Waals surface area contributed by atoms with Crippen LogP contribution in [-0.4, -0.2) is 20.3 Å². The highest BCUT2D eigenvalue weighted by Crippen LogP contribution is 2.22. The van der Waals surface area contributed by atoms with Gasteiger partial charge in [0.05, 0.1) is 4.90 Å². The minimum atomic E-state index is -3.55. The van der Waals surface area contributed by atoms with Crippen LogP contribution in [0.5, 0.6) is 0 Å². The molecule has 17 heavy (non-hydrogen) atoms. The molecule has 0 heterocycles. The van der Waals surface area contributed by atoms with Crippen molar-refractivity contribution in [3.05, 3.63) is 28.2 Å². The molecule has 1 rings (SSSR count). The Bertz CT molecular complexity index is 473. The highest BCUT2D eigenvalue weighted by Gasteiger charge is 2.16. The van der Waals surface area contributed by atoms with Crippen LogP contribution in [-0.2, 0) is 10.0 Å². The molecule has 0 aromatic heterocycles. The van der Waals surface area contributed by atoms with Crippen molar-refractivity contribution in [1.82, 2.24) is 4.72 Å². The lowest BCUT2D eigenvalue weighted by molar-refractivity contribution is 0.563. The second kappa shape index (κ2) is 6.38. The number of rotatable bonds is 5. The number of hydrogen-bond donors (Lipinski definition) is 1. The first kappa shape index (κ1) is 15.2. The molecule has 1 N–H and O–H groups in total. The minimum Gasteiger partial charge on any atom is -0.211 e. The Morgan fingerprint density at radius 3 is 2.29 bits per heavy atom. The Balaban J connectivity index is 2.89. The zero-order valence-electron chi connectivity index (χ0n) is 9.08. The lowest BCUT2D eigenvalue weighted by Crippen LogP contribution is -2.29. The van der Waals surface area contributed by atoms with E-state index in [1.165, 1.54) is 18.2 Å². The molecule has 0 spiro atoms. The van der Waals surface area contributed by atoms with Crippen LogP contribution >= 0.6 is 39.1 Å². The van der Waals surface area contributed by atoms with Crippen LogP contribution in [0.2, 0.25) is 10.0 Å². The van der Waals surface area contributed by atoms with E-state index in [9.17, 15) is 8.42 Å². The van der Waals surface area contributed by atoms with E-state index in [-0.39, 0.29) is 10.8 Å². The first-order valence-corrected chi connectivity index (χ1v) is 8.23. The second-order valence-corrected chi connectivity index (χ2v) is 7.00. The number of hydrogen-bond acceptors (Lipinski definition) is 2. The molecule has 96 valence electrons. The fourth-order valence-corrected chi connectivity index (χ4v) is 3.19. The predicted molar refractivity (Wildman–Crippen MR) is 74.6 cm³/mol. The van der Waals surface area contributed by atoms with Crippen molar-refractivity contribution in [2.75, 3.05) is 11.9 Å². The van der Waals surface area contributed by atoms with Gasteiger partial charge >= 0.3 is 0 Å². The zero-order valence-corrected chi connectivity index (χ0v) is 13.0. The lowest BCUT2D eigenvalue weighted by Gasteiger charge is -2.10. The van der Waals surface area contributed by atoms with E-state index < -0.39 is 10.0 Å². The first-order chi connectivity index (χ1) is 7.85. The summed E-state index contributed by atoms with van der Waals surface area (Å²) in [5, 5.41) is 1.32. The number of halogens is 3. The van der Waals surface area contributed by atoms with Crippen LogP contribution in [0.3, 0.4) is 0 Å². The predicted octanol–water partition coefficient (Wildman–Crippen LogP) is 3.30. The van der Waals surface area contributed by atoms with Crippen LogP contribution in [0, 0.1) is 5.92 Å². The molecule has 0 aliphatic heterocycles. The fourth-order valence-electron chi connectivity index (χ4n) is 1.07. The van der Waals surface area contributed by atoms with Gasteiger partial charge in [0, 0.05) is 21.9 Å². The highest BCUT2D eigenvalue weighted by atomic mass is 79.9. The Labute approximate surface area is 120 Å². The van der Waals surface area contributed by atoms with E-state index in [1.807, 2.05) is 6.92 Å². The molecular weight excluding hydrogens is 349 g/mol. The molecule has 1 atom stereocenters. The van der Waals surface area contributed by atoms with Crippen molar-refractivity contribution in [2.24, 2.45) is 5.92 Å². The molecule has 7 heteroatoms. The van der Waals surface area contributed by atoms with E-state index in [0.717, 1.165) is 5.33 Å². The summed E-state index contributed by atoms with van der Waals surface area (Å²) >= 11 is 14.8. The quantitative estimate of drug-likeness (QED) is 0.819. The van der Waals surface area contributed by atoms with Gasteiger partial charge in [0.1, 0.15) is 0 Å². The summed E-state index contributed by atoms with van der Waals surface area (Å²) in [4.78, 5) is 0.0803. The summed E-state index contributed by atoms with van der Waals surface area (Å²) in [5.41, 5.74) is 0. The maximum absolute atomic E-state index is 11.9. The van der Waals surface area contributed by atoms with Gasteiger partial charge in [0.15, 0.2) is 0 Å². The number of alkyl halides is 1. The zero-order chi connectivity index (χ0) is 13.1. The van der Waals surface area contributed by atoms with Gasteiger partial charge in [-0.2, -0.15) is 0 Å². The molecule has 0 fully saturated rings. The van der Waals surface area contributed by atoms with Gasteiger partial charge in [-0.1, -0.05) is 46.1 Å². The van der Waals surface area contributed by atoms with Gasteiger partial charge in [-0.3, -0.25) is 0 Å². The monoisotopic (exact) mass is 359 g/mol. The molecule has 0 aliphatic carbocycles. The van der Waals surface area contributed by atoms with Crippen LogP contribution in [0.15, 0.2) is 23.1 Å². The van der Waals surface area contributed by atoms with Crippen molar-refractivity contribution >= 4 is 49.2 Å². The molecule has 0 radical (unpaired) electrons. The number of sulfonamides is 1. The topological polar surface area (TPSA) is 46.2 Å². The molecule has 0 amide bonds. The summed E-state index contributed by atoms with van der Waals surface area (Å²) in [7, 11) is -3.55. The van der Waals surface area contributed by atoms with Crippen LogP contribution in [0.25, 0.3) is 0 Å². The molecule has 3 nitrogen and oxygen atoms in total. The molecule has 1 unspecified atom stereocenters. The summed E-state index contributed by atoms with van der Waals surface area (Å²) in [6.45, 7) is 2.29. The summed E-state index contributed by atoms with van der Waals surface area (Å²) < 4.78 is 26.3. The minimum absolute atomic E-state index is 0.0803. The fraction of sp³-hybridized carbons (Fsp3) is 0.400. The summed E-state index contributed by atoms with van der Waals surface area (Å²) in [6, 6.07) is 4.23. The third kappa shape index (κ3) is 4.75. The third-order valence-corrected chi connectivity index (χ3v) is 4.98. The Kier molecular flexibility index (Phi) is 5.73. The van der Waals surface area contributed by atoms with Crippen molar-refractivity contribution < 1.29 is 8.42 Å². The Morgan fingerprint density at radius 2 is 1.82 bits per heavy atom. The van der Waals surface area contributed by atoms with Gasteiger partial charge in [0.2, 0.25) is 10.0 Å². The molecular formula is C10H12BrCl2NO2S. The van der Waals surface area contributed by atoms with Gasteiger partial charge in [0.25, 0.3) is 0 Å². The number of nitrogens with one attached hydrogen (secondary N) is 1. The van der Waals surface area contributed by atoms with E-state index in [1.54, 1.807) is 0 Å². The van der Waals surface area contributed by atoms with Gasteiger partial charge < -0.3 is 0 Å². The van der Waals surface area contributed by atoms with E-state index >= 15 is 0 Å². The Hall–Kier alpha value is 0.190. The average molecular weight is 361 g/mol. The van der Waals surface area contributed by atoms with Crippen LogP contribution in [0.1, 0.15) is 6.92 Å². The van der Waals surface area contributed by atoms with Crippen LogP contribution in [0.4, 0.5) is 0 Å². The average Bonchev–Trinajstić information content (AvgIpc) is 2.24. The summed E-state index contributed by atoms with van der Waals surface area (Å²) in [5.74, 6) is 0.208. The van der Waals surface area contributed by atoms with Crippen LogP contribution < -0.4 is 4.72 Å². The van der Waals surface area contributed by atoms with Gasteiger partial charge in [-0.05, 0) is 24.1 Å². The highest BCUT2D eigenvalue weighted by molar-refractivity contribution is 9.09. The lowest BCUT2D eigenvalue weighted by atomic mass is 10.2. The van der Waals surface area contributed by atoms with Crippen molar-refractivity contribution in [3.63, 3.8) is 0 Å². The molecule has 0 saturated carbocycles. The van der Waals surface area contributed by atoms with E-state index in [4.69, 9.17) is 23.2 Å². The van der Waals surface area contributed by atoms with Crippen molar-refractivity contribution in [3.8, 4) is 0 Å². The van der Waals surface area contributed by atoms with Gasteiger partial charge in [-0.25, -0.2) is 13.1 Å². The second-order valence-electron chi connectivity index (χ2n) is 3.72. The SMILES string of the molecule is CC(CBr)CNS(=O)(=O)c1cc(Cl)cc(Cl)c1. The van der Waals surface area contributed by atoms with E-state index in [0.29, 0.717) is 16.6 Å². The molecule has 0 bridgehead atoms.